The number of carbonyl (C=O) groups excluding carboxylic acids is 1. The van der Waals surface area contributed by atoms with Crippen LogP contribution < -0.4 is 5.73 Å². The van der Waals surface area contributed by atoms with E-state index in [0.29, 0.717) is 24.8 Å². The molecule has 0 aliphatic rings. The maximum Gasteiger partial charge on any atom is 0.147 e. The average Bonchev–Trinajstić information content (AvgIpc) is 2.19. The van der Waals surface area contributed by atoms with E-state index in [4.69, 9.17) is 5.73 Å². The van der Waals surface area contributed by atoms with Crippen LogP contribution >= 0.6 is 0 Å². The van der Waals surface area contributed by atoms with Gasteiger partial charge in [0, 0.05) is 19.1 Å². The van der Waals surface area contributed by atoms with Crippen LogP contribution in [0.4, 0.5) is 0 Å². The molecule has 0 radical (unpaired) electrons. The van der Waals surface area contributed by atoms with Crippen molar-refractivity contribution in [1.29, 1.82) is 0 Å². The van der Waals surface area contributed by atoms with E-state index < -0.39 is 9.84 Å². The number of Topliss-reactive ketones (excluding diaryl/α,β-unsaturated/α-hetero) is 1. The van der Waals surface area contributed by atoms with Crippen molar-refractivity contribution >= 4 is 15.6 Å². The van der Waals surface area contributed by atoms with Crippen LogP contribution in [0.25, 0.3) is 0 Å². The number of rotatable bonds is 9. The lowest BCUT2D eigenvalue weighted by atomic mass is 9.87. The molecule has 1 atom stereocenters. The summed E-state index contributed by atoms with van der Waals surface area (Å²) in [5, 5.41) is 0. The Morgan fingerprint density at radius 2 is 1.76 bits per heavy atom. The molecule has 5 heteroatoms. The zero-order chi connectivity index (χ0) is 13.5. The van der Waals surface area contributed by atoms with E-state index >= 15 is 0 Å². The largest absolute Gasteiger partial charge is 0.330 e. The zero-order valence-corrected chi connectivity index (χ0v) is 11.9. The van der Waals surface area contributed by atoms with Crippen molar-refractivity contribution in [3.05, 3.63) is 0 Å². The van der Waals surface area contributed by atoms with Gasteiger partial charge in [-0.1, -0.05) is 13.8 Å². The minimum absolute atomic E-state index is 0.0327. The summed E-state index contributed by atoms with van der Waals surface area (Å²) in [5.41, 5.74) is 5.53. The molecule has 0 aromatic heterocycles. The SMILES string of the molecule is CC(C)C(CCN)CCC(=O)CCS(C)(=O)=O. The zero-order valence-electron chi connectivity index (χ0n) is 11.1. The van der Waals surface area contributed by atoms with E-state index in [9.17, 15) is 13.2 Å². The van der Waals surface area contributed by atoms with Crippen LogP contribution in [0.1, 0.15) is 39.5 Å². The van der Waals surface area contributed by atoms with Crippen molar-refractivity contribution in [3.63, 3.8) is 0 Å². The summed E-state index contributed by atoms with van der Waals surface area (Å²) in [7, 11) is -3.03. The Morgan fingerprint density at radius 3 is 2.18 bits per heavy atom. The van der Waals surface area contributed by atoms with Crippen molar-refractivity contribution in [2.45, 2.75) is 39.5 Å². The highest BCUT2D eigenvalue weighted by atomic mass is 32.2. The molecule has 0 aromatic rings. The van der Waals surface area contributed by atoms with Crippen LogP contribution in [0.3, 0.4) is 0 Å². The highest BCUT2D eigenvalue weighted by Gasteiger charge is 2.15. The standard InChI is InChI=1S/C12H25NO3S/c1-10(2)11(6-8-13)4-5-12(14)7-9-17(3,15)16/h10-11H,4-9,13H2,1-3H3. The Morgan fingerprint density at radius 1 is 1.18 bits per heavy atom. The van der Waals surface area contributed by atoms with E-state index in [1.54, 1.807) is 0 Å². The van der Waals surface area contributed by atoms with Gasteiger partial charge in [0.1, 0.15) is 15.6 Å². The normalized spacial score (nSPS) is 13.9. The summed E-state index contributed by atoms with van der Waals surface area (Å²) in [6.45, 7) is 4.89. The van der Waals surface area contributed by atoms with Crippen molar-refractivity contribution < 1.29 is 13.2 Å². The molecule has 0 heterocycles. The Hall–Kier alpha value is -0.420. The van der Waals surface area contributed by atoms with Gasteiger partial charge in [0.25, 0.3) is 0 Å². The third-order valence-electron chi connectivity index (χ3n) is 3.03. The number of sulfone groups is 1. The van der Waals surface area contributed by atoms with E-state index in [1.807, 2.05) is 0 Å². The molecule has 0 saturated carbocycles. The van der Waals surface area contributed by atoms with Crippen LogP contribution in [-0.4, -0.2) is 32.8 Å². The van der Waals surface area contributed by atoms with Gasteiger partial charge in [-0.3, -0.25) is 4.79 Å². The number of carbonyl (C=O) groups is 1. The number of hydrogen-bond acceptors (Lipinski definition) is 4. The second-order valence-corrected chi connectivity index (χ2v) is 7.30. The van der Waals surface area contributed by atoms with Gasteiger partial charge in [0.15, 0.2) is 0 Å². The maximum atomic E-state index is 11.5. The molecule has 102 valence electrons. The van der Waals surface area contributed by atoms with Crippen LogP contribution in [0.5, 0.6) is 0 Å². The molecule has 0 fully saturated rings. The summed E-state index contributed by atoms with van der Waals surface area (Å²) in [5.74, 6) is 0.983. The predicted octanol–water partition coefficient (Wildman–Crippen LogP) is 1.39. The van der Waals surface area contributed by atoms with Gasteiger partial charge in [-0.05, 0) is 31.2 Å². The molecule has 0 rings (SSSR count). The number of nitrogens with two attached hydrogens (primary N) is 1. The van der Waals surface area contributed by atoms with Gasteiger partial charge in [-0.25, -0.2) is 8.42 Å². The van der Waals surface area contributed by atoms with Crippen LogP contribution in [0, 0.1) is 11.8 Å². The third kappa shape index (κ3) is 9.30. The highest BCUT2D eigenvalue weighted by molar-refractivity contribution is 7.90. The molecular formula is C12H25NO3S. The molecular weight excluding hydrogens is 238 g/mol. The maximum absolute atomic E-state index is 11.5. The molecule has 1 unspecified atom stereocenters. The molecule has 0 bridgehead atoms. The molecule has 4 nitrogen and oxygen atoms in total. The first-order chi connectivity index (χ1) is 7.76. The first-order valence-corrected chi connectivity index (χ1v) is 8.21. The monoisotopic (exact) mass is 263 g/mol. The van der Waals surface area contributed by atoms with Crippen LogP contribution in [0.2, 0.25) is 0 Å². The fourth-order valence-electron chi connectivity index (χ4n) is 1.80. The number of hydrogen-bond donors (Lipinski definition) is 1. The fraction of sp³-hybridized carbons (Fsp3) is 0.917. The lowest BCUT2D eigenvalue weighted by Gasteiger charge is -2.19. The lowest BCUT2D eigenvalue weighted by molar-refractivity contribution is -0.119. The lowest BCUT2D eigenvalue weighted by Crippen LogP contribution is -2.16. The quantitative estimate of drug-likeness (QED) is 0.682. The highest BCUT2D eigenvalue weighted by Crippen LogP contribution is 2.20. The third-order valence-corrected chi connectivity index (χ3v) is 3.97. The minimum atomic E-state index is -3.03. The first-order valence-electron chi connectivity index (χ1n) is 6.15. The van der Waals surface area contributed by atoms with Crippen molar-refractivity contribution in [2.24, 2.45) is 17.6 Å². The van der Waals surface area contributed by atoms with E-state index in [0.717, 1.165) is 19.1 Å². The summed E-state index contributed by atoms with van der Waals surface area (Å²) >= 11 is 0. The second kappa shape index (κ2) is 7.82. The topological polar surface area (TPSA) is 77.2 Å². The van der Waals surface area contributed by atoms with E-state index in [-0.39, 0.29) is 18.0 Å². The molecule has 17 heavy (non-hydrogen) atoms. The Balaban J connectivity index is 3.96. The molecule has 0 saturated heterocycles. The van der Waals surface area contributed by atoms with Crippen molar-refractivity contribution in [2.75, 3.05) is 18.6 Å². The summed E-state index contributed by atoms with van der Waals surface area (Å²) in [6, 6.07) is 0. The molecule has 0 aromatic carbocycles. The van der Waals surface area contributed by atoms with Gasteiger partial charge >= 0.3 is 0 Å². The average molecular weight is 263 g/mol. The van der Waals surface area contributed by atoms with Crippen LogP contribution in [-0.2, 0) is 14.6 Å². The van der Waals surface area contributed by atoms with Crippen molar-refractivity contribution in [3.8, 4) is 0 Å². The minimum Gasteiger partial charge on any atom is -0.330 e. The van der Waals surface area contributed by atoms with Gasteiger partial charge in [0.2, 0.25) is 0 Å². The van der Waals surface area contributed by atoms with Gasteiger partial charge in [-0.2, -0.15) is 0 Å². The van der Waals surface area contributed by atoms with E-state index in [2.05, 4.69) is 13.8 Å². The smallest absolute Gasteiger partial charge is 0.147 e. The molecule has 0 aliphatic heterocycles. The predicted molar refractivity (Wildman–Crippen MR) is 70.6 cm³/mol. The first kappa shape index (κ1) is 16.6. The Bertz CT molecular complexity index is 323. The Labute approximate surface area is 105 Å². The van der Waals surface area contributed by atoms with Gasteiger partial charge in [0.05, 0.1) is 5.75 Å². The van der Waals surface area contributed by atoms with E-state index in [1.165, 1.54) is 0 Å². The molecule has 2 N–H and O–H groups in total. The van der Waals surface area contributed by atoms with Crippen molar-refractivity contribution in [1.82, 2.24) is 0 Å². The van der Waals surface area contributed by atoms with Crippen LogP contribution in [0.15, 0.2) is 0 Å². The van der Waals surface area contributed by atoms with Gasteiger partial charge < -0.3 is 5.73 Å². The molecule has 0 spiro atoms. The number of ketones is 1. The Kier molecular flexibility index (Phi) is 7.63. The summed E-state index contributed by atoms with van der Waals surface area (Å²) in [4.78, 5) is 11.5. The fourth-order valence-corrected chi connectivity index (χ4v) is 2.39. The molecule has 0 aliphatic carbocycles. The molecule has 0 amide bonds. The second-order valence-electron chi connectivity index (χ2n) is 5.04. The summed E-state index contributed by atoms with van der Waals surface area (Å²) < 4.78 is 21.8. The van der Waals surface area contributed by atoms with Gasteiger partial charge in [-0.15, -0.1) is 0 Å². The summed E-state index contributed by atoms with van der Waals surface area (Å²) in [6.07, 6.45) is 3.52.